The molecule has 2 nitrogen and oxygen atoms in total. The molecule has 0 spiro atoms. The van der Waals surface area contributed by atoms with Gasteiger partial charge in [0.25, 0.3) is 0 Å². The molecule has 0 radical (unpaired) electrons. The van der Waals surface area contributed by atoms with Crippen LogP contribution in [0.15, 0.2) is 11.8 Å². The minimum absolute atomic E-state index is 0.299. The van der Waals surface area contributed by atoms with Crippen molar-refractivity contribution in [2.24, 2.45) is 0 Å². The Balaban J connectivity index is 4.39. The minimum atomic E-state index is -1.82. The topological polar surface area (TPSA) is 44.0 Å². The molecule has 0 atom stereocenters. The third-order valence-electron chi connectivity index (χ3n) is 0.555. The van der Waals surface area contributed by atoms with Gasteiger partial charge in [0.2, 0.25) is 3.79 Å². The van der Waals surface area contributed by atoms with E-state index >= 15 is 0 Å². The molecule has 0 bridgehead atoms. The Morgan fingerprint density at radius 2 is 2.00 bits per heavy atom. The van der Waals surface area contributed by atoms with Gasteiger partial charge < -0.3 is 5.11 Å². The molecule has 0 saturated heterocycles. The Morgan fingerprint density at radius 3 is 2.00 bits per heavy atom. The van der Waals surface area contributed by atoms with E-state index in [9.17, 15) is 0 Å². The number of aliphatic hydroxyl groups excluding tert-OH is 1. The predicted molar refractivity (Wildman–Crippen MR) is 36.6 cm³/mol. The second kappa shape index (κ2) is 3.17. The Bertz CT molecular complexity index is 164. The van der Waals surface area contributed by atoms with E-state index < -0.39 is 3.79 Å². The number of rotatable bonds is 0. The van der Waals surface area contributed by atoms with Gasteiger partial charge in [0.15, 0.2) is 0 Å². The summed E-state index contributed by atoms with van der Waals surface area (Å²) in [5.41, 5.74) is -0.299. The lowest BCUT2D eigenvalue weighted by Gasteiger charge is -2.05. The molecule has 0 fully saturated rings. The van der Waals surface area contributed by atoms with Crippen LogP contribution in [-0.2, 0) is 0 Å². The van der Waals surface area contributed by atoms with E-state index in [0.717, 1.165) is 0 Å². The third kappa shape index (κ3) is 2.81. The summed E-state index contributed by atoms with van der Waals surface area (Å²) in [5, 5.41) is 16.4. The molecule has 0 heterocycles. The summed E-state index contributed by atoms with van der Waals surface area (Å²) in [4.78, 5) is 0. The average molecular weight is 186 g/mol. The lowest BCUT2D eigenvalue weighted by molar-refractivity contribution is 0.468. The van der Waals surface area contributed by atoms with Gasteiger partial charge in [0.05, 0.1) is 6.26 Å². The average Bonchev–Trinajstić information content (AvgIpc) is 1.65. The molecule has 9 heavy (non-hydrogen) atoms. The van der Waals surface area contributed by atoms with E-state index in [0.29, 0.717) is 6.26 Å². The van der Waals surface area contributed by atoms with Crippen molar-refractivity contribution in [3.63, 3.8) is 0 Å². The molecule has 50 valence electrons. The van der Waals surface area contributed by atoms with Gasteiger partial charge in [-0.3, -0.25) is 0 Å². The van der Waals surface area contributed by atoms with Gasteiger partial charge >= 0.3 is 0 Å². The number of nitrogens with zero attached hydrogens (tertiary/aromatic N) is 1. The van der Waals surface area contributed by atoms with E-state index in [4.69, 9.17) is 45.2 Å². The number of aliphatic hydroxyl groups is 1. The molecule has 0 aromatic carbocycles. The zero-order chi connectivity index (χ0) is 7.49. The van der Waals surface area contributed by atoms with Crippen molar-refractivity contribution in [1.29, 1.82) is 5.26 Å². The first-order valence-corrected chi connectivity index (χ1v) is 2.97. The summed E-state index contributed by atoms with van der Waals surface area (Å²) in [5.74, 6) is 0. The first-order chi connectivity index (χ1) is 4.02. The number of hydrogen-bond donors (Lipinski definition) is 1. The highest BCUT2D eigenvalue weighted by atomic mass is 35.6. The van der Waals surface area contributed by atoms with Crippen molar-refractivity contribution < 1.29 is 5.11 Å². The van der Waals surface area contributed by atoms with Crippen LogP contribution in [0.25, 0.3) is 0 Å². The van der Waals surface area contributed by atoms with Crippen molar-refractivity contribution in [2.45, 2.75) is 3.79 Å². The molecule has 0 aliphatic heterocycles. The summed E-state index contributed by atoms with van der Waals surface area (Å²) in [6.45, 7) is 0. The normalized spacial score (nSPS) is 12.9. The van der Waals surface area contributed by atoms with Crippen LogP contribution in [0.2, 0.25) is 0 Å². The van der Waals surface area contributed by atoms with E-state index in [-0.39, 0.29) is 5.57 Å². The van der Waals surface area contributed by atoms with Crippen LogP contribution >= 0.6 is 34.8 Å². The highest BCUT2D eigenvalue weighted by Crippen LogP contribution is 2.33. The monoisotopic (exact) mass is 185 g/mol. The second-order valence-electron chi connectivity index (χ2n) is 1.15. The number of allylic oxidation sites excluding steroid dienone is 1. The molecule has 0 amide bonds. The number of nitriles is 1. The largest absolute Gasteiger partial charge is 0.514 e. The highest BCUT2D eigenvalue weighted by molar-refractivity contribution is 6.69. The third-order valence-corrected chi connectivity index (χ3v) is 1.17. The van der Waals surface area contributed by atoms with Gasteiger partial charge in [-0.25, -0.2) is 0 Å². The Morgan fingerprint density at radius 1 is 1.56 bits per heavy atom. The molecule has 0 aliphatic carbocycles. The van der Waals surface area contributed by atoms with E-state index in [1.165, 1.54) is 6.07 Å². The molecular formula is C4H2Cl3NO. The summed E-state index contributed by atoms with van der Waals surface area (Å²) in [6.07, 6.45) is 0.465. The molecule has 5 heteroatoms. The summed E-state index contributed by atoms with van der Waals surface area (Å²) >= 11 is 15.5. The van der Waals surface area contributed by atoms with Crippen molar-refractivity contribution >= 4 is 34.8 Å². The van der Waals surface area contributed by atoms with E-state index in [2.05, 4.69) is 0 Å². The quantitative estimate of drug-likeness (QED) is 0.358. The van der Waals surface area contributed by atoms with E-state index in [1.807, 2.05) is 0 Å². The van der Waals surface area contributed by atoms with Gasteiger partial charge in [-0.1, -0.05) is 34.8 Å². The van der Waals surface area contributed by atoms with Crippen LogP contribution in [0, 0.1) is 11.3 Å². The zero-order valence-corrected chi connectivity index (χ0v) is 6.37. The van der Waals surface area contributed by atoms with Gasteiger partial charge in [0, 0.05) is 0 Å². The number of halogens is 3. The highest BCUT2D eigenvalue weighted by Gasteiger charge is 2.25. The lowest BCUT2D eigenvalue weighted by Crippen LogP contribution is -2.04. The van der Waals surface area contributed by atoms with Crippen LogP contribution in [-0.4, -0.2) is 8.90 Å². The Kier molecular flexibility index (Phi) is 3.13. The molecule has 0 aliphatic rings. The van der Waals surface area contributed by atoms with E-state index in [1.54, 1.807) is 0 Å². The smallest absolute Gasteiger partial charge is 0.228 e. The molecule has 0 aromatic rings. The lowest BCUT2D eigenvalue weighted by atomic mass is 10.4. The maximum absolute atomic E-state index is 8.22. The SMILES string of the molecule is N#C/C(=C\O)C(Cl)(Cl)Cl. The van der Waals surface area contributed by atoms with Crippen LogP contribution in [0.4, 0.5) is 0 Å². The van der Waals surface area contributed by atoms with Crippen LogP contribution in [0.3, 0.4) is 0 Å². The number of alkyl halides is 3. The molecular weight excluding hydrogens is 184 g/mol. The van der Waals surface area contributed by atoms with Crippen molar-refractivity contribution in [3.05, 3.63) is 11.8 Å². The van der Waals surface area contributed by atoms with Crippen LogP contribution < -0.4 is 0 Å². The minimum Gasteiger partial charge on any atom is -0.514 e. The fourth-order valence-corrected chi connectivity index (χ4v) is 0.439. The Hall–Kier alpha value is -0.100. The molecule has 0 aromatic heterocycles. The van der Waals surface area contributed by atoms with Crippen LogP contribution in [0.1, 0.15) is 0 Å². The van der Waals surface area contributed by atoms with Crippen molar-refractivity contribution in [2.75, 3.05) is 0 Å². The van der Waals surface area contributed by atoms with Gasteiger partial charge in [-0.2, -0.15) is 5.26 Å². The van der Waals surface area contributed by atoms with Crippen LogP contribution in [0.5, 0.6) is 0 Å². The van der Waals surface area contributed by atoms with Crippen molar-refractivity contribution in [3.8, 4) is 6.07 Å². The van der Waals surface area contributed by atoms with Gasteiger partial charge in [-0.05, 0) is 0 Å². The number of hydrogen-bond acceptors (Lipinski definition) is 2. The van der Waals surface area contributed by atoms with Gasteiger partial charge in [0.1, 0.15) is 11.6 Å². The molecule has 0 rings (SSSR count). The maximum Gasteiger partial charge on any atom is 0.228 e. The first kappa shape index (κ1) is 8.90. The first-order valence-electron chi connectivity index (χ1n) is 1.84. The summed E-state index contributed by atoms with van der Waals surface area (Å²) < 4.78 is -1.82. The fraction of sp³-hybridized carbons (Fsp3) is 0.250. The fourth-order valence-electron chi connectivity index (χ4n) is 0.165. The molecule has 0 unspecified atom stereocenters. The predicted octanol–water partition coefficient (Wildman–Crippen LogP) is 2.32. The molecule has 1 N–H and O–H groups in total. The standard InChI is InChI=1S/C4H2Cl3NO/c5-4(6,7)3(1-8)2-9/h2,9H/b3-2+. The second-order valence-corrected chi connectivity index (χ2v) is 3.43. The van der Waals surface area contributed by atoms with Gasteiger partial charge in [-0.15, -0.1) is 0 Å². The summed E-state index contributed by atoms with van der Waals surface area (Å²) in [7, 11) is 0. The Labute approximate surface area is 67.2 Å². The summed E-state index contributed by atoms with van der Waals surface area (Å²) in [6, 6.07) is 1.51. The zero-order valence-electron chi connectivity index (χ0n) is 4.11. The molecule has 0 saturated carbocycles. The van der Waals surface area contributed by atoms with Crippen molar-refractivity contribution in [1.82, 2.24) is 0 Å². The maximum atomic E-state index is 8.22.